The Morgan fingerprint density at radius 2 is 1.85 bits per heavy atom. The molecule has 46 heavy (non-hydrogen) atoms. The fourth-order valence-electron chi connectivity index (χ4n) is 5.33. The van der Waals surface area contributed by atoms with Crippen molar-refractivity contribution < 1.29 is 23.8 Å². The van der Waals surface area contributed by atoms with E-state index in [9.17, 15) is 9.59 Å². The lowest BCUT2D eigenvalue weighted by Crippen LogP contribution is -2.44. The van der Waals surface area contributed by atoms with E-state index in [2.05, 4.69) is 15.1 Å². The summed E-state index contributed by atoms with van der Waals surface area (Å²) in [6, 6.07) is 11.5. The van der Waals surface area contributed by atoms with E-state index in [4.69, 9.17) is 19.9 Å². The molecule has 1 atom stereocenters. The number of hydrogen-bond donors (Lipinski definition) is 1. The van der Waals surface area contributed by atoms with Crippen LogP contribution in [-0.4, -0.2) is 66.0 Å². The Morgan fingerprint density at radius 3 is 2.54 bits per heavy atom. The Kier molecular flexibility index (Phi) is 8.43. The summed E-state index contributed by atoms with van der Waals surface area (Å²) in [5, 5.41) is 5.00. The van der Waals surface area contributed by atoms with Crippen molar-refractivity contribution in [1.82, 2.24) is 29.2 Å². The van der Waals surface area contributed by atoms with E-state index in [0.717, 1.165) is 27.2 Å². The second kappa shape index (κ2) is 12.5. The third-order valence-corrected chi connectivity index (χ3v) is 8.73. The minimum Gasteiger partial charge on any atom is -0.490 e. The molecule has 12 nitrogen and oxygen atoms in total. The van der Waals surface area contributed by atoms with Crippen LogP contribution >= 0.6 is 11.3 Å². The Morgan fingerprint density at radius 1 is 1.07 bits per heavy atom. The second-order valence-electron chi connectivity index (χ2n) is 12.3. The quantitative estimate of drug-likeness (QED) is 0.221. The Bertz CT molecular complexity index is 1880. The largest absolute Gasteiger partial charge is 0.490 e. The number of ether oxygens (including phenoxy) is 3. The topological polar surface area (TPSA) is 140 Å². The second-order valence-corrected chi connectivity index (χ2v) is 13.4. The predicted octanol–water partition coefficient (Wildman–Crippen LogP) is 5.90. The zero-order chi connectivity index (χ0) is 32.6. The number of hydrogen-bond acceptors (Lipinski definition) is 9. The minimum atomic E-state index is -0.579. The molecular formula is C33H37N7O5S. The molecule has 1 aliphatic rings. The number of aryl methyl sites for hydroxylation is 1. The van der Waals surface area contributed by atoms with Gasteiger partial charge in [-0.05, 0) is 51.5 Å². The highest BCUT2D eigenvalue weighted by Crippen LogP contribution is 2.36. The van der Waals surface area contributed by atoms with Crippen molar-refractivity contribution in [1.29, 1.82) is 0 Å². The van der Waals surface area contributed by atoms with Crippen LogP contribution in [0.5, 0.6) is 11.5 Å². The number of nitrogens with two attached hydrogens (primary N) is 1. The Hall–Kier alpha value is -4.91. The molecule has 5 heterocycles. The van der Waals surface area contributed by atoms with Gasteiger partial charge in [-0.25, -0.2) is 9.78 Å². The third-order valence-electron chi connectivity index (χ3n) is 7.60. The van der Waals surface area contributed by atoms with Crippen molar-refractivity contribution in [3.63, 3.8) is 0 Å². The van der Waals surface area contributed by atoms with Crippen LogP contribution in [-0.2, 0) is 11.8 Å². The molecule has 0 saturated carbocycles. The number of aromatic nitrogens is 5. The first-order chi connectivity index (χ1) is 21.9. The first kappa shape index (κ1) is 31.1. The number of amides is 2. The van der Waals surface area contributed by atoms with Gasteiger partial charge in [-0.15, -0.1) is 11.3 Å². The lowest BCUT2D eigenvalue weighted by Gasteiger charge is -2.33. The third kappa shape index (κ3) is 6.84. The van der Waals surface area contributed by atoms with Gasteiger partial charge in [0.05, 0.1) is 22.9 Å². The fourth-order valence-corrected chi connectivity index (χ4v) is 6.25. The maximum Gasteiger partial charge on any atom is 0.410 e. The van der Waals surface area contributed by atoms with Crippen LogP contribution in [0.15, 0.2) is 61.3 Å². The zero-order valence-corrected chi connectivity index (χ0v) is 27.3. The van der Waals surface area contributed by atoms with Crippen LogP contribution in [0.2, 0.25) is 0 Å². The lowest BCUT2D eigenvalue weighted by molar-refractivity contribution is 0.0126. The number of carbonyl (C=O) groups excluding carboxylic acids is 2. The van der Waals surface area contributed by atoms with Crippen LogP contribution in [0.3, 0.4) is 0 Å². The van der Waals surface area contributed by atoms with Gasteiger partial charge in [0.2, 0.25) is 0 Å². The minimum absolute atomic E-state index is 0.0449. The Labute approximate surface area is 270 Å². The molecule has 6 rings (SSSR count). The summed E-state index contributed by atoms with van der Waals surface area (Å²) in [5.74, 6) is 0.453. The highest BCUT2D eigenvalue weighted by molar-refractivity contribution is 7.16. The maximum atomic E-state index is 12.5. The van der Waals surface area contributed by atoms with E-state index in [0.29, 0.717) is 48.0 Å². The van der Waals surface area contributed by atoms with Crippen LogP contribution in [0.1, 0.15) is 62.0 Å². The van der Waals surface area contributed by atoms with Gasteiger partial charge in [-0.2, -0.15) is 5.10 Å². The average Bonchev–Trinajstić information content (AvgIpc) is 3.74. The van der Waals surface area contributed by atoms with Crippen LogP contribution in [0, 0.1) is 0 Å². The first-order valence-corrected chi connectivity index (χ1v) is 15.9. The first-order valence-electron chi connectivity index (χ1n) is 15.1. The van der Waals surface area contributed by atoms with Crippen molar-refractivity contribution in [3.05, 3.63) is 71.9 Å². The van der Waals surface area contributed by atoms with E-state index < -0.39 is 17.6 Å². The number of fused-ring (bicyclic) bond motifs is 1. The van der Waals surface area contributed by atoms with E-state index in [1.54, 1.807) is 34.2 Å². The van der Waals surface area contributed by atoms with Crippen LogP contribution in [0.4, 0.5) is 4.79 Å². The molecule has 0 spiro atoms. The van der Waals surface area contributed by atoms with E-state index in [1.165, 1.54) is 11.3 Å². The smallest absolute Gasteiger partial charge is 0.410 e. The van der Waals surface area contributed by atoms with Crippen LogP contribution < -0.4 is 15.2 Å². The summed E-state index contributed by atoms with van der Waals surface area (Å²) in [6.45, 7) is 8.57. The number of benzene rings is 1. The molecule has 1 fully saturated rings. The van der Waals surface area contributed by atoms with E-state index in [1.807, 2.05) is 76.0 Å². The zero-order valence-electron chi connectivity index (χ0n) is 26.5. The molecule has 2 N–H and O–H groups in total. The maximum absolute atomic E-state index is 12.5. The summed E-state index contributed by atoms with van der Waals surface area (Å²) >= 11 is 1.24. The average molecular weight is 644 g/mol. The van der Waals surface area contributed by atoms with Gasteiger partial charge >= 0.3 is 6.09 Å². The molecule has 0 bridgehead atoms. The molecule has 4 aromatic heterocycles. The van der Waals surface area contributed by atoms with E-state index in [-0.39, 0.29) is 12.2 Å². The highest BCUT2D eigenvalue weighted by atomic mass is 32.1. The molecular weight excluding hydrogens is 606 g/mol. The van der Waals surface area contributed by atoms with Crippen molar-refractivity contribution in [3.8, 4) is 27.6 Å². The van der Waals surface area contributed by atoms with Crippen molar-refractivity contribution >= 4 is 34.4 Å². The number of piperidine rings is 1. The van der Waals surface area contributed by atoms with Gasteiger partial charge in [0.15, 0.2) is 0 Å². The molecule has 5 aromatic rings. The standard InChI is InChI=1S/C33H37N7O5S/c1-20(25-15-24(8-11-35-25)44-23-9-12-39(13-10-23)32(42)45-33(2,3)4)43-28-16-29(46-30(28)31(34)41)40-19-36-26-14-21(6-7-27(26)40)22-17-37-38(5)18-22/h6-8,11,14-20,23H,9-10,12-13H2,1-5H3,(H2,34,41). The van der Waals surface area contributed by atoms with Crippen LogP contribution in [0.25, 0.3) is 27.2 Å². The number of primary amides is 1. The number of likely N-dealkylation sites (tertiary alicyclic amines) is 1. The molecule has 1 saturated heterocycles. The summed E-state index contributed by atoms with van der Waals surface area (Å²) in [7, 11) is 1.88. The summed E-state index contributed by atoms with van der Waals surface area (Å²) in [5.41, 5.74) is 9.59. The number of carbonyl (C=O) groups is 2. The molecule has 240 valence electrons. The number of imidazole rings is 1. The number of pyridine rings is 1. The van der Waals surface area contributed by atoms with Crippen molar-refractivity contribution in [2.24, 2.45) is 12.8 Å². The molecule has 1 aromatic carbocycles. The molecule has 0 radical (unpaired) electrons. The molecule has 13 heteroatoms. The predicted molar refractivity (Wildman–Crippen MR) is 174 cm³/mol. The summed E-state index contributed by atoms with van der Waals surface area (Å²) in [4.78, 5) is 36.0. The number of thiophene rings is 1. The van der Waals surface area contributed by atoms with Gasteiger partial charge in [0, 0.05) is 63.1 Å². The SMILES string of the molecule is CC(Oc1cc(-n2cnc3cc(-c4cnn(C)c4)ccc32)sc1C(N)=O)c1cc(OC2CCN(C(=O)OC(C)(C)C)CC2)ccn1. The Balaban J connectivity index is 1.14. The van der Waals surface area contributed by atoms with Gasteiger partial charge in [0.25, 0.3) is 5.91 Å². The summed E-state index contributed by atoms with van der Waals surface area (Å²) < 4.78 is 21.7. The van der Waals surface area contributed by atoms with Gasteiger partial charge < -0.3 is 24.8 Å². The van der Waals surface area contributed by atoms with Gasteiger partial charge in [0.1, 0.15) is 45.5 Å². The van der Waals surface area contributed by atoms with Crippen molar-refractivity contribution in [2.75, 3.05) is 13.1 Å². The molecule has 2 amide bonds. The van der Waals surface area contributed by atoms with Gasteiger partial charge in [-0.3, -0.25) is 19.0 Å². The molecule has 1 unspecified atom stereocenters. The molecule has 1 aliphatic heterocycles. The summed E-state index contributed by atoms with van der Waals surface area (Å²) in [6.07, 6.45) is 7.70. The number of nitrogens with zero attached hydrogens (tertiary/aromatic N) is 6. The fraction of sp³-hybridized carbons (Fsp3) is 0.364. The van der Waals surface area contributed by atoms with E-state index >= 15 is 0 Å². The lowest BCUT2D eigenvalue weighted by atomic mass is 10.1. The number of rotatable bonds is 8. The van der Waals surface area contributed by atoms with Gasteiger partial charge in [-0.1, -0.05) is 6.07 Å². The monoisotopic (exact) mass is 643 g/mol. The highest BCUT2D eigenvalue weighted by Gasteiger charge is 2.28. The van der Waals surface area contributed by atoms with Crippen molar-refractivity contribution in [2.45, 2.75) is 58.3 Å². The normalized spacial score (nSPS) is 14.8. The molecule has 0 aliphatic carbocycles.